The summed E-state index contributed by atoms with van der Waals surface area (Å²) in [7, 11) is 0. The largest absolute Gasteiger partial charge is 0.340 e. The molecule has 20 heavy (non-hydrogen) atoms. The molecule has 108 valence electrons. The van der Waals surface area contributed by atoms with Gasteiger partial charge in [-0.1, -0.05) is 23.7 Å². The highest BCUT2D eigenvalue weighted by atomic mass is 35.5. The molecular formula is C15H19ClN2O2. The van der Waals surface area contributed by atoms with Crippen LogP contribution in [0.4, 0.5) is 0 Å². The van der Waals surface area contributed by atoms with E-state index in [-0.39, 0.29) is 11.8 Å². The first-order chi connectivity index (χ1) is 9.22. The molecular weight excluding hydrogens is 276 g/mol. The number of piperazine rings is 1. The quantitative estimate of drug-likeness (QED) is 0.910. The van der Waals surface area contributed by atoms with Crippen molar-refractivity contribution in [3.05, 3.63) is 34.3 Å². The summed E-state index contributed by atoms with van der Waals surface area (Å²) in [6.45, 7) is 7.45. The van der Waals surface area contributed by atoms with Crippen LogP contribution in [0.2, 0.25) is 5.02 Å². The number of nitrogens with one attached hydrogen (secondary N) is 1. The minimum atomic E-state index is -0.874. The summed E-state index contributed by atoms with van der Waals surface area (Å²) in [4.78, 5) is 26.0. The van der Waals surface area contributed by atoms with Crippen molar-refractivity contribution in [1.82, 2.24) is 10.2 Å². The number of halogens is 1. The maximum atomic E-state index is 12.5. The molecule has 1 saturated heterocycles. The second-order valence-corrected chi connectivity index (χ2v) is 6.23. The van der Waals surface area contributed by atoms with Crippen LogP contribution in [-0.4, -0.2) is 28.3 Å². The molecule has 1 atom stereocenters. The lowest BCUT2D eigenvalue weighted by Crippen LogP contribution is -2.66. The lowest BCUT2D eigenvalue weighted by Gasteiger charge is -2.41. The molecule has 0 aromatic heterocycles. The van der Waals surface area contributed by atoms with Crippen LogP contribution in [0.1, 0.15) is 31.9 Å². The molecule has 0 saturated carbocycles. The van der Waals surface area contributed by atoms with Gasteiger partial charge in [0.2, 0.25) is 11.8 Å². The van der Waals surface area contributed by atoms with Crippen molar-refractivity contribution in [2.45, 2.75) is 45.8 Å². The maximum absolute atomic E-state index is 12.5. The van der Waals surface area contributed by atoms with Gasteiger partial charge in [-0.05, 0) is 44.9 Å². The Morgan fingerprint density at radius 1 is 1.35 bits per heavy atom. The molecule has 1 unspecified atom stereocenters. The number of rotatable bonds is 2. The lowest BCUT2D eigenvalue weighted by molar-refractivity contribution is -0.153. The molecule has 0 bridgehead atoms. The molecule has 0 radical (unpaired) electrons. The summed E-state index contributed by atoms with van der Waals surface area (Å²) in [6, 6.07) is 5.22. The van der Waals surface area contributed by atoms with E-state index in [4.69, 9.17) is 11.6 Å². The Morgan fingerprint density at radius 2 is 2.00 bits per heavy atom. The third-order valence-electron chi connectivity index (χ3n) is 3.63. The van der Waals surface area contributed by atoms with E-state index in [0.29, 0.717) is 11.6 Å². The Hall–Kier alpha value is -1.55. The number of carbonyl (C=O) groups excluding carboxylic acids is 2. The predicted molar refractivity (Wildman–Crippen MR) is 78.4 cm³/mol. The first-order valence-electron chi connectivity index (χ1n) is 6.60. The number of hydrogen-bond acceptors (Lipinski definition) is 2. The molecule has 1 heterocycles. The van der Waals surface area contributed by atoms with Crippen LogP contribution in [0.3, 0.4) is 0 Å². The van der Waals surface area contributed by atoms with Crippen LogP contribution in [0.15, 0.2) is 18.2 Å². The summed E-state index contributed by atoms with van der Waals surface area (Å²) in [5.74, 6) is -0.237. The van der Waals surface area contributed by atoms with E-state index in [9.17, 15) is 9.59 Å². The standard InChI is InChI=1S/C15H19ClN2O2/c1-9-5-6-11(12(16)7-9)8-18-10(2)13(19)17-15(3,4)14(18)20/h5-7,10H,8H2,1-4H3,(H,17,19). The van der Waals surface area contributed by atoms with Crippen molar-refractivity contribution in [3.63, 3.8) is 0 Å². The van der Waals surface area contributed by atoms with E-state index < -0.39 is 11.6 Å². The first kappa shape index (κ1) is 14.9. The zero-order chi connectivity index (χ0) is 15.1. The van der Waals surface area contributed by atoms with Gasteiger partial charge in [0.1, 0.15) is 11.6 Å². The Labute approximate surface area is 124 Å². The van der Waals surface area contributed by atoms with Gasteiger partial charge in [0.05, 0.1) is 0 Å². The van der Waals surface area contributed by atoms with E-state index in [1.807, 2.05) is 25.1 Å². The van der Waals surface area contributed by atoms with Gasteiger partial charge in [-0.3, -0.25) is 9.59 Å². The molecule has 1 aromatic carbocycles. The van der Waals surface area contributed by atoms with Gasteiger partial charge in [0.25, 0.3) is 0 Å². The van der Waals surface area contributed by atoms with Crippen molar-refractivity contribution in [2.75, 3.05) is 0 Å². The lowest BCUT2D eigenvalue weighted by atomic mass is 9.96. The van der Waals surface area contributed by atoms with Gasteiger partial charge in [0, 0.05) is 11.6 Å². The third kappa shape index (κ3) is 2.66. The zero-order valence-electron chi connectivity index (χ0n) is 12.2. The Morgan fingerprint density at radius 3 is 2.60 bits per heavy atom. The second kappa shape index (κ2) is 5.09. The Kier molecular flexibility index (Phi) is 3.78. The molecule has 2 rings (SSSR count). The third-order valence-corrected chi connectivity index (χ3v) is 3.98. The van der Waals surface area contributed by atoms with Gasteiger partial charge in [-0.2, -0.15) is 0 Å². The van der Waals surface area contributed by atoms with Crippen LogP contribution >= 0.6 is 11.6 Å². The Balaban J connectivity index is 2.30. The average Bonchev–Trinajstić information content (AvgIpc) is 2.34. The molecule has 1 N–H and O–H groups in total. The summed E-state index contributed by atoms with van der Waals surface area (Å²) < 4.78 is 0. The van der Waals surface area contributed by atoms with Crippen molar-refractivity contribution in [2.24, 2.45) is 0 Å². The molecule has 5 heteroatoms. The van der Waals surface area contributed by atoms with Crippen molar-refractivity contribution in [3.8, 4) is 0 Å². The predicted octanol–water partition coefficient (Wildman–Crippen LogP) is 2.27. The maximum Gasteiger partial charge on any atom is 0.248 e. The van der Waals surface area contributed by atoms with Gasteiger partial charge in [0.15, 0.2) is 0 Å². The second-order valence-electron chi connectivity index (χ2n) is 5.82. The van der Waals surface area contributed by atoms with Gasteiger partial charge in [-0.25, -0.2) is 0 Å². The van der Waals surface area contributed by atoms with E-state index in [0.717, 1.165) is 11.1 Å². The number of benzene rings is 1. The summed E-state index contributed by atoms with van der Waals surface area (Å²) in [6.07, 6.45) is 0. The molecule has 0 spiro atoms. The highest BCUT2D eigenvalue weighted by Crippen LogP contribution is 2.24. The Bertz CT molecular complexity index is 569. The number of hydrogen-bond donors (Lipinski definition) is 1. The van der Waals surface area contributed by atoms with Gasteiger partial charge in [-0.15, -0.1) is 0 Å². The molecule has 1 aliphatic heterocycles. The fourth-order valence-electron chi connectivity index (χ4n) is 2.32. The van der Waals surface area contributed by atoms with E-state index in [2.05, 4.69) is 5.32 Å². The van der Waals surface area contributed by atoms with Crippen molar-refractivity contribution in [1.29, 1.82) is 0 Å². The summed E-state index contributed by atoms with van der Waals surface area (Å²) >= 11 is 6.21. The summed E-state index contributed by atoms with van der Waals surface area (Å²) in [5, 5.41) is 3.35. The monoisotopic (exact) mass is 294 g/mol. The van der Waals surface area contributed by atoms with Crippen molar-refractivity contribution < 1.29 is 9.59 Å². The smallest absolute Gasteiger partial charge is 0.248 e. The summed E-state index contributed by atoms with van der Waals surface area (Å²) in [5.41, 5.74) is 1.04. The van der Waals surface area contributed by atoms with Gasteiger partial charge >= 0.3 is 0 Å². The van der Waals surface area contributed by atoms with Crippen LogP contribution in [0.25, 0.3) is 0 Å². The molecule has 4 nitrogen and oxygen atoms in total. The fourth-order valence-corrected chi connectivity index (χ4v) is 2.61. The normalized spacial score (nSPS) is 21.9. The van der Waals surface area contributed by atoms with Crippen molar-refractivity contribution >= 4 is 23.4 Å². The highest BCUT2D eigenvalue weighted by Gasteiger charge is 2.43. The molecule has 0 aliphatic carbocycles. The van der Waals surface area contributed by atoms with Gasteiger partial charge < -0.3 is 10.2 Å². The number of aryl methyl sites for hydroxylation is 1. The minimum Gasteiger partial charge on any atom is -0.340 e. The van der Waals surface area contributed by atoms with Crippen LogP contribution in [0.5, 0.6) is 0 Å². The number of carbonyl (C=O) groups is 2. The molecule has 1 aliphatic rings. The van der Waals surface area contributed by atoms with Crippen LogP contribution in [-0.2, 0) is 16.1 Å². The SMILES string of the molecule is Cc1ccc(CN2C(=O)C(C)(C)NC(=O)C2C)c(Cl)c1. The highest BCUT2D eigenvalue weighted by molar-refractivity contribution is 6.31. The van der Waals surface area contributed by atoms with Crippen LogP contribution in [0, 0.1) is 6.92 Å². The topological polar surface area (TPSA) is 49.4 Å². The molecule has 2 amide bonds. The fraction of sp³-hybridized carbons (Fsp3) is 0.467. The number of amides is 2. The van der Waals surface area contributed by atoms with E-state index in [1.165, 1.54) is 0 Å². The van der Waals surface area contributed by atoms with E-state index in [1.54, 1.807) is 25.7 Å². The van der Waals surface area contributed by atoms with Crippen LogP contribution < -0.4 is 5.32 Å². The zero-order valence-corrected chi connectivity index (χ0v) is 12.9. The first-order valence-corrected chi connectivity index (χ1v) is 6.98. The minimum absolute atomic E-state index is 0.0961. The average molecular weight is 295 g/mol. The van der Waals surface area contributed by atoms with E-state index >= 15 is 0 Å². The molecule has 1 aromatic rings. The molecule has 1 fully saturated rings. The number of nitrogens with zero attached hydrogens (tertiary/aromatic N) is 1.